The number of rotatable bonds is 4. The first-order chi connectivity index (χ1) is 10.5. The molecule has 0 atom stereocenters. The first-order valence-electron chi connectivity index (χ1n) is 6.37. The predicted octanol–water partition coefficient (Wildman–Crippen LogP) is 2.45. The number of sulfone groups is 1. The van der Waals surface area contributed by atoms with Crippen LogP contribution in [0.3, 0.4) is 0 Å². The molecular formula is C14H11N3O4S. The standard InChI is InChI=1S/C14H11N3O4S/c18-17(19)12-8-4-7-11-13(12)16-14(15-11)22(20,21)9-10-5-2-1-3-6-10/h1-8H,9H2,(H,15,16). The third kappa shape index (κ3) is 2.56. The van der Waals surface area contributed by atoms with Gasteiger partial charge in [-0.15, -0.1) is 0 Å². The number of non-ortho nitro benzene ring substituents is 1. The zero-order valence-corrected chi connectivity index (χ0v) is 12.1. The molecule has 0 aliphatic carbocycles. The molecule has 8 heteroatoms. The van der Waals surface area contributed by atoms with E-state index in [9.17, 15) is 18.5 Å². The Labute approximate surface area is 125 Å². The molecule has 1 N–H and O–H groups in total. The van der Waals surface area contributed by atoms with E-state index in [-0.39, 0.29) is 22.1 Å². The van der Waals surface area contributed by atoms with E-state index in [1.807, 2.05) is 0 Å². The minimum Gasteiger partial charge on any atom is -0.329 e. The fourth-order valence-electron chi connectivity index (χ4n) is 2.15. The van der Waals surface area contributed by atoms with Gasteiger partial charge >= 0.3 is 0 Å². The molecule has 112 valence electrons. The molecule has 1 aromatic heterocycles. The van der Waals surface area contributed by atoms with Gasteiger partial charge in [0.05, 0.1) is 16.2 Å². The van der Waals surface area contributed by atoms with E-state index >= 15 is 0 Å². The summed E-state index contributed by atoms with van der Waals surface area (Å²) in [6, 6.07) is 13.0. The molecule has 3 aromatic rings. The van der Waals surface area contributed by atoms with Crippen LogP contribution in [0, 0.1) is 10.1 Å². The fourth-order valence-corrected chi connectivity index (χ4v) is 3.41. The van der Waals surface area contributed by atoms with Crippen LogP contribution in [-0.2, 0) is 15.6 Å². The Balaban J connectivity index is 2.06. The van der Waals surface area contributed by atoms with Crippen molar-refractivity contribution in [1.82, 2.24) is 9.97 Å². The Hall–Kier alpha value is -2.74. The lowest BCUT2D eigenvalue weighted by molar-refractivity contribution is -0.383. The molecule has 22 heavy (non-hydrogen) atoms. The summed E-state index contributed by atoms with van der Waals surface area (Å²) in [5, 5.41) is 10.7. The van der Waals surface area contributed by atoms with Gasteiger partial charge in [-0.1, -0.05) is 36.4 Å². The average molecular weight is 317 g/mol. The quantitative estimate of drug-likeness (QED) is 0.587. The third-order valence-electron chi connectivity index (χ3n) is 3.16. The monoisotopic (exact) mass is 317 g/mol. The van der Waals surface area contributed by atoms with Crippen LogP contribution in [0.4, 0.5) is 5.69 Å². The summed E-state index contributed by atoms with van der Waals surface area (Å²) in [4.78, 5) is 16.9. The van der Waals surface area contributed by atoms with E-state index in [0.717, 1.165) is 0 Å². The van der Waals surface area contributed by atoms with Crippen LogP contribution in [0.2, 0.25) is 0 Å². The molecule has 7 nitrogen and oxygen atoms in total. The molecule has 0 bridgehead atoms. The zero-order chi connectivity index (χ0) is 15.7. The molecule has 2 aromatic carbocycles. The Morgan fingerprint density at radius 1 is 1.09 bits per heavy atom. The number of aromatic nitrogens is 2. The van der Waals surface area contributed by atoms with E-state index in [2.05, 4.69) is 9.97 Å². The van der Waals surface area contributed by atoms with Crippen molar-refractivity contribution in [2.75, 3.05) is 0 Å². The number of nitro benzene ring substituents is 1. The van der Waals surface area contributed by atoms with Crippen molar-refractivity contribution in [3.05, 3.63) is 64.2 Å². The van der Waals surface area contributed by atoms with E-state index in [4.69, 9.17) is 0 Å². The maximum atomic E-state index is 12.4. The first-order valence-corrected chi connectivity index (χ1v) is 8.02. The van der Waals surface area contributed by atoms with Gasteiger partial charge in [0.2, 0.25) is 15.0 Å². The second-order valence-electron chi connectivity index (χ2n) is 4.72. The van der Waals surface area contributed by atoms with E-state index in [1.54, 1.807) is 36.4 Å². The van der Waals surface area contributed by atoms with Gasteiger partial charge < -0.3 is 4.98 Å². The number of aromatic amines is 1. The number of hydrogen-bond acceptors (Lipinski definition) is 5. The lowest BCUT2D eigenvalue weighted by atomic mass is 10.2. The number of imidazole rings is 1. The van der Waals surface area contributed by atoms with Crippen LogP contribution in [0.15, 0.2) is 53.7 Å². The van der Waals surface area contributed by atoms with Gasteiger partial charge in [-0.2, -0.15) is 0 Å². The Bertz CT molecular complexity index is 949. The highest BCUT2D eigenvalue weighted by Crippen LogP contribution is 2.25. The number of nitro groups is 1. The number of benzene rings is 2. The second kappa shape index (κ2) is 5.23. The third-order valence-corrected chi connectivity index (χ3v) is 4.66. The van der Waals surface area contributed by atoms with E-state index in [1.165, 1.54) is 12.1 Å². The van der Waals surface area contributed by atoms with E-state index in [0.29, 0.717) is 11.1 Å². The SMILES string of the molecule is O=[N+]([O-])c1cccc2[nH]c(S(=O)(=O)Cc3ccccc3)nc12. The van der Waals surface area contributed by atoms with Gasteiger partial charge in [0.25, 0.3) is 5.69 Å². The summed E-state index contributed by atoms with van der Waals surface area (Å²) in [6.07, 6.45) is 0. The van der Waals surface area contributed by atoms with Crippen molar-refractivity contribution in [2.45, 2.75) is 10.9 Å². The highest BCUT2D eigenvalue weighted by atomic mass is 32.2. The van der Waals surface area contributed by atoms with Crippen molar-refractivity contribution in [3.8, 4) is 0 Å². The molecule has 0 radical (unpaired) electrons. The fraction of sp³-hybridized carbons (Fsp3) is 0.0714. The predicted molar refractivity (Wildman–Crippen MR) is 80.1 cm³/mol. The Morgan fingerprint density at radius 3 is 2.50 bits per heavy atom. The molecule has 0 fully saturated rings. The first kappa shape index (κ1) is 14.2. The van der Waals surface area contributed by atoms with Gasteiger partial charge in [-0.05, 0) is 11.6 Å². The molecule has 0 saturated carbocycles. The van der Waals surface area contributed by atoms with Crippen molar-refractivity contribution < 1.29 is 13.3 Å². The number of nitrogens with one attached hydrogen (secondary N) is 1. The van der Waals surface area contributed by atoms with Crippen molar-refractivity contribution in [3.63, 3.8) is 0 Å². The van der Waals surface area contributed by atoms with Crippen LogP contribution >= 0.6 is 0 Å². The molecule has 0 amide bonds. The minimum atomic E-state index is -3.71. The molecule has 0 aliphatic heterocycles. The molecule has 1 heterocycles. The normalized spacial score (nSPS) is 11.6. The number of hydrogen-bond donors (Lipinski definition) is 1. The van der Waals surface area contributed by atoms with Crippen LogP contribution in [0.1, 0.15) is 5.56 Å². The summed E-state index contributed by atoms with van der Waals surface area (Å²) >= 11 is 0. The number of nitrogens with zero attached hydrogens (tertiary/aromatic N) is 2. The largest absolute Gasteiger partial charge is 0.329 e. The summed E-state index contributed by atoms with van der Waals surface area (Å²) in [6.45, 7) is 0. The highest BCUT2D eigenvalue weighted by molar-refractivity contribution is 7.90. The van der Waals surface area contributed by atoms with E-state index < -0.39 is 14.8 Å². The second-order valence-corrected chi connectivity index (χ2v) is 6.62. The van der Waals surface area contributed by atoms with Gasteiger partial charge in [0, 0.05) is 6.07 Å². The minimum absolute atomic E-state index is 0.0409. The van der Waals surface area contributed by atoms with Crippen LogP contribution in [-0.4, -0.2) is 23.3 Å². The Kier molecular flexibility index (Phi) is 3.38. The van der Waals surface area contributed by atoms with Crippen molar-refractivity contribution in [1.29, 1.82) is 0 Å². The number of fused-ring (bicyclic) bond motifs is 1. The van der Waals surface area contributed by atoms with Gasteiger partial charge in [-0.25, -0.2) is 13.4 Å². The maximum absolute atomic E-state index is 12.4. The summed E-state index contributed by atoms with van der Waals surface area (Å²) in [7, 11) is -3.71. The molecule has 0 unspecified atom stereocenters. The highest BCUT2D eigenvalue weighted by Gasteiger charge is 2.23. The molecule has 3 rings (SSSR count). The van der Waals surface area contributed by atoms with Crippen LogP contribution in [0.25, 0.3) is 11.0 Å². The number of para-hydroxylation sites is 1. The lowest BCUT2D eigenvalue weighted by Gasteiger charge is -2.00. The Morgan fingerprint density at radius 2 is 1.82 bits per heavy atom. The molecular weight excluding hydrogens is 306 g/mol. The smallest absolute Gasteiger partial charge is 0.297 e. The molecule has 0 saturated heterocycles. The van der Waals surface area contributed by atoms with Gasteiger partial charge in [-0.3, -0.25) is 10.1 Å². The van der Waals surface area contributed by atoms with Gasteiger partial charge in [0.1, 0.15) is 0 Å². The number of H-pyrrole nitrogens is 1. The summed E-state index contributed by atoms with van der Waals surface area (Å²) in [5.74, 6) is -0.221. The van der Waals surface area contributed by atoms with Gasteiger partial charge in [0.15, 0.2) is 5.52 Å². The lowest BCUT2D eigenvalue weighted by Crippen LogP contribution is -2.06. The topological polar surface area (TPSA) is 106 Å². The average Bonchev–Trinajstić information content (AvgIpc) is 2.92. The van der Waals surface area contributed by atoms with Crippen LogP contribution in [0.5, 0.6) is 0 Å². The van der Waals surface area contributed by atoms with Crippen molar-refractivity contribution in [2.24, 2.45) is 0 Å². The summed E-state index contributed by atoms with van der Waals surface area (Å²) < 4.78 is 24.8. The van der Waals surface area contributed by atoms with Crippen molar-refractivity contribution >= 4 is 26.6 Å². The summed E-state index contributed by atoms with van der Waals surface area (Å²) in [5.41, 5.74) is 0.757. The zero-order valence-electron chi connectivity index (χ0n) is 11.3. The molecule has 0 aliphatic rings. The maximum Gasteiger partial charge on any atom is 0.297 e. The molecule has 0 spiro atoms. The van der Waals surface area contributed by atoms with Crippen LogP contribution < -0.4 is 0 Å².